The zero-order valence-electron chi connectivity index (χ0n) is 10.4. The number of hydrogen-bond acceptors (Lipinski definition) is 6. The van der Waals surface area contributed by atoms with Crippen LogP contribution in [0.4, 0.5) is 5.82 Å². The highest BCUT2D eigenvalue weighted by molar-refractivity contribution is 8.00. The molecule has 4 nitrogen and oxygen atoms in total. The lowest BCUT2D eigenvalue weighted by atomic mass is 10.2. The Balaban J connectivity index is 2.03. The van der Waals surface area contributed by atoms with E-state index in [4.69, 9.17) is 5.73 Å². The number of Topliss-reactive ketones (excluding diaryl/α,β-unsaturated/α-hetero) is 1. The first-order valence-electron chi connectivity index (χ1n) is 5.58. The largest absolute Gasteiger partial charge is 0.384 e. The molecule has 6 heteroatoms. The molecule has 2 aromatic rings. The lowest BCUT2D eigenvalue weighted by Crippen LogP contribution is -2.03. The van der Waals surface area contributed by atoms with Crippen LogP contribution in [0.15, 0.2) is 46.6 Å². The smallest absolute Gasteiger partial charge is 0.191 e. The van der Waals surface area contributed by atoms with Crippen LogP contribution in [-0.2, 0) is 0 Å². The predicted octanol–water partition coefficient (Wildman–Crippen LogP) is 2.76. The van der Waals surface area contributed by atoms with E-state index in [0.29, 0.717) is 22.3 Å². The van der Waals surface area contributed by atoms with E-state index in [-0.39, 0.29) is 5.78 Å². The molecule has 0 spiro atoms. The van der Waals surface area contributed by atoms with Gasteiger partial charge in [-0.3, -0.25) is 4.79 Å². The molecule has 98 valence electrons. The summed E-state index contributed by atoms with van der Waals surface area (Å²) in [5.41, 5.74) is 6.39. The first-order valence-corrected chi connectivity index (χ1v) is 7.79. The molecule has 1 aromatic carbocycles. The number of aromatic nitrogens is 2. The molecule has 2 rings (SSSR count). The number of rotatable bonds is 5. The van der Waals surface area contributed by atoms with Gasteiger partial charge in [0.1, 0.15) is 10.8 Å². The van der Waals surface area contributed by atoms with Crippen molar-refractivity contribution in [3.05, 3.63) is 42.0 Å². The molecule has 2 N–H and O–H groups in total. The molecule has 0 amide bonds. The topological polar surface area (TPSA) is 68.9 Å². The summed E-state index contributed by atoms with van der Waals surface area (Å²) in [4.78, 5) is 20.4. The highest BCUT2D eigenvalue weighted by Gasteiger charge is 2.08. The fourth-order valence-electron chi connectivity index (χ4n) is 1.43. The van der Waals surface area contributed by atoms with Crippen molar-refractivity contribution in [3.63, 3.8) is 0 Å². The molecule has 1 heterocycles. The lowest BCUT2D eigenvalue weighted by Gasteiger charge is -2.03. The van der Waals surface area contributed by atoms with Crippen LogP contribution in [0.2, 0.25) is 0 Å². The molecule has 0 aliphatic rings. The Kier molecular flexibility index (Phi) is 4.81. The SMILES string of the molecule is CSc1cc(N)nc(SCC(=O)c2ccccc2)n1. The van der Waals surface area contributed by atoms with Crippen LogP contribution >= 0.6 is 23.5 Å². The molecule has 0 saturated heterocycles. The second-order valence-corrected chi connectivity index (χ2v) is 5.46. The van der Waals surface area contributed by atoms with Gasteiger partial charge in [-0.2, -0.15) is 0 Å². The second-order valence-electron chi connectivity index (χ2n) is 3.70. The maximum absolute atomic E-state index is 11.9. The van der Waals surface area contributed by atoms with Crippen LogP contribution in [0.5, 0.6) is 0 Å². The number of ketones is 1. The number of benzene rings is 1. The minimum Gasteiger partial charge on any atom is -0.384 e. The molecular weight excluding hydrogens is 278 g/mol. The molecule has 0 aliphatic carbocycles. The zero-order chi connectivity index (χ0) is 13.7. The number of nitrogens with zero attached hydrogens (tertiary/aromatic N) is 2. The molecule has 0 aliphatic heterocycles. The Bertz CT molecular complexity index is 575. The highest BCUT2D eigenvalue weighted by atomic mass is 32.2. The number of nitrogens with two attached hydrogens (primary N) is 1. The third kappa shape index (κ3) is 3.97. The Morgan fingerprint density at radius 1 is 1.26 bits per heavy atom. The van der Waals surface area contributed by atoms with Crippen molar-refractivity contribution in [1.29, 1.82) is 0 Å². The molecule has 0 atom stereocenters. The number of carbonyl (C=O) groups excluding carboxylic acids is 1. The lowest BCUT2D eigenvalue weighted by molar-refractivity contribution is 0.102. The van der Waals surface area contributed by atoms with E-state index >= 15 is 0 Å². The zero-order valence-corrected chi connectivity index (χ0v) is 12.0. The molecule has 1 aromatic heterocycles. The Hall–Kier alpha value is -1.53. The van der Waals surface area contributed by atoms with Crippen molar-refractivity contribution in [2.45, 2.75) is 10.2 Å². The average Bonchev–Trinajstić information content (AvgIpc) is 2.45. The van der Waals surface area contributed by atoms with Gasteiger partial charge in [0.05, 0.1) is 5.75 Å². The average molecular weight is 291 g/mol. The third-order valence-electron chi connectivity index (χ3n) is 2.34. The van der Waals surface area contributed by atoms with Crippen LogP contribution in [-0.4, -0.2) is 27.8 Å². The molecule has 0 fully saturated rings. The van der Waals surface area contributed by atoms with Gasteiger partial charge in [-0.1, -0.05) is 42.1 Å². The summed E-state index contributed by atoms with van der Waals surface area (Å²) in [5, 5.41) is 1.34. The standard InChI is InChI=1S/C13H13N3OS2/c1-18-12-7-11(14)15-13(16-12)19-8-10(17)9-5-3-2-4-6-9/h2-7H,8H2,1H3,(H2,14,15,16). The van der Waals surface area contributed by atoms with Crippen molar-refractivity contribution in [2.24, 2.45) is 0 Å². The molecule has 19 heavy (non-hydrogen) atoms. The van der Waals surface area contributed by atoms with Gasteiger partial charge in [0.2, 0.25) is 0 Å². The first kappa shape index (κ1) is 13.9. The minimum atomic E-state index is 0.0577. The van der Waals surface area contributed by atoms with Gasteiger partial charge in [0.25, 0.3) is 0 Å². The van der Waals surface area contributed by atoms with Gasteiger partial charge in [-0.25, -0.2) is 9.97 Å². The Morgan fingerprint density at radius 3 is 2.68 bits per heavy atom. The van der Waals surface area contributed by atoms with E-state index in [1.165, 1.54) is 23.5 Å². The fraction of sp³-hybridized carbons (Fsp3) is 0.154. The van der Waals surface area contributed by atoms with Crippen molar-refractivity contribution < 1.29 is 4.79 Å². The van der Waals surface area contributed by atoms with Gasteiger partial charge in [0.15, 0.2) is 10.9 Å². The van der Waals surface area contributed by atoms with Crippen LogP contribution < -0.4 is 5.73 Å². The van der Waals surface area contributed by atoms with Crippen LogP contribution in [0.1, 0.15) is 10.4 Å². The van der Waals surface area contributed by atoms with E-state index in [2.05, 4.69) is 9.97 Å². The summed E-state index contributed by atoms with van der Waals surface area (Å²) in [6.45, 7) is 0. The maximum Gasteiger partial charge on any atom is 0.191 e. The van der Waals surface area contributed by atoms with E-state index in [1.807, 2.05) is 24.5 Å². The van der Waals surface area contributed by atoms with E-state index in [1.54, 1.807) is 18.2 Å². The number of anilines is 1. The van der Waals surface area contributed by atoms with Crippen LogP contribution in [0, 0.1) is 0 Å². The van der Waals surface area contributed by atoms with E-state index in [9.17, 15) is 4.79 Å². The number of thioether (sulfide) groups is 2. The number of nitrogen functional groups attached to an aromatic ring is 1. The van der Waals surface area contributed by atoms with E-state index in [0.717, 1.165) is 5.03 Å². The number of hydrogen-bond donors (Lipinski definition) is 1. The van der Waals surface area contributed by atoms with Gasteiger partial charge in [0, 0.05) is 11.6 Å². The van der Waals surface area contributed by atoms with Gasteiger partial charge < -0.3 is 5.73 Å². The Labute approximate surface area is 120 Å². The Morgan fingerprint density at radius 2 is 2.00 bits per heavy atom. The maximum atomic E-state index is 11.9. The monoisotopic (exact) mass is 291 g/mol. The molecular formula is C13H13N3OS2. The fourth-order valence-corrected chi connectivity index (χ4v) is 2.66. The van der Waals surface area contributed by atoms with Crippen LogP contribution in [0.3, 0.4) is 0 Å². The summed E-state index contributed by atoms with van der Waals surface area (Å²) in [6, 6.07) is 10.9. The van der Waals surface area contributed by atoms with Crippen molar-refractivity contribution >= 4 is 35.1 Å². The minimum absolute atomic E-state index is 0.0577. The van der Waals surface area contributed by atoms with Gasteiger partial charge >= 0.3 is 0 Å². The van der Waals surface area contributed by atoms with Crippen molar-refractivity contribution in [3.8, 4) is 0 Å². The molecule has 0 unspecified atom stereocenters. The quantitative estimate of drug-likeness (QED) is 0.395. The van der Waals surface area contributed by atoms with Gasteiger partial charge in [-0.15, -0.1) is 11.8 Å². The normalized spacial score (nSPS) is 10.4. The van der Waals surface area contributed by atoms with E-state index < -0.39 is 0 Å². The summed E-state index contributed by atoms with van der Waals surface area (Å²) >= 11 is 2.80. The summed E-state index contributed by atoms with van der Waals surface area (Å²) in [6.07, 6.45) is 1.92. The van der Waals surface area contributed by atoms with Crippen LogP contribution in [0.25, 0.3) is 0 Å². The van der Waals surface area contributed by atoms with Gasteiger partial charge in [-0.05, 0) is 6.26 Å². The first-order chi connectivity index (χ1) is 9.19. The highest BCUT2D eigenvalue weighted by Crippen LogP contribution is 2.21. The predicted molar refractivity (Wildman–Crippen MR) is 79.7 cm³/mol. The van der Waals surface area contributed by atoms with Crippen molar-refractivity contribution in [2.75, 3.05) is 17.7 Å². The third-order valence-corrected chi connectivity index (χ3v) is 3.81. The molecule has 0 radical (unpaired) electrons. The molecule has 0 saturated carbocycles. The second kappa shape index (κ2) is 6.58. The summed E-state index contributed by atoms with van der Waals surface area (Å²) in [5.74, 6) is 0.790. The summed E-state index contributed by atoms with van der Waals surface area (Å²) in [7, 11) is 0. The summed E-state index contributed by atoms with van der Waals surface area (Å²) < 4.78 is 0. The van der Waals surface area contributed by atoms with Crippen molar-refractivity contribution in [1.82, 2.24) is 9.97 Å². The number of carbonyl (C=O) groups is 1. The molecule has 0 bridgehead atoms.